The van der Waals surface area contributed by atoms with E-state index in [4.69, 9.17) is 4.74 Å². The van der Waals surface area contributed by atoms with E-state index in [1.54, 1.807) is 0 Å². The lowest BCUT2D eigenvalue weighted by molar-refractivity contribution is -0.137. The summed E-state index contributed by atoms with van der Waals surface area (Å²) in [6, 6.07) is 16.4. The minimum absolute atomic E-state index is 0.0850. The van der Waals surface area contributed by atoms with Gasteiger partial charge in [0.05, 0.1) is 17.6 Å². The molecule has 0 radical (unpaired) electrons. The summed E-state index contributed by atoms with van der Waals surface area (Å²) in [5, 5.41) is 13.1. The molecule has 3 rings (SSSR count). The maximum atomic E-state index is 12.8. The first kappa shape index (κ1) is 22.1. The Bertz CT molecular complexity index is 1160. The summed E-state index contributed by atoms with van der Waals surface area (Å²) >= 11 is 0. The highest BCUT2D eigenvalue weighted by molar-refractivity contribution is 7.92. The summed E-state index contributed by atoms with van der Waals surface area (Å²) in [7, 11) is -2.69. The molecule has 6 nitrogen and oxygen atoms in total. The van der Waals surface area contributed by atoms with E-state index in [9.17, 15) is 26.7 Å². The average molecular weight is 450 g/mol. The third-order valence-electron chi connectivity index (χ3n) is 4.25. The van der Waals surface area contributed by atoms with Gasteiger partial charge in [0.1, 0.15) is 0 Å². The van der Waals surface area contributed by atoms with Crippen molar-refractivity contribution >= 4 is 21.4 Å². The normalized spacial score (nSPS) is 11.5. The Morgan fingerprint density at radius 1 is 1.10 bits per heavy atom. The molecule has 10 heteroatoms. The van der Waals surface area contributed by atoms with Gasteiger partial charge in [-0.2, -0.15) is 13.2 Å². The second-order valence-corrected chi connectivity index (χ2v) is 8.07. The van der Waals surface area contributed by atoms with E-state index in [1.165, 1.54) is 43.5 Å². The van der Waals surface area contributed by atoms with Crippen molar-refractivity contribution in [1.29, 1.82) is 0 Å². The summed E-state index contributed by atoms with van der Waals surface area (Å²) in [6.45, 7) is 0.210. The van der Waals surface area contributed by atoms with Gasteiger partial charge in [-0.1, -0.05) is 12.1 Å². The van der Waals surface area contributed by atoms with Crippen LogP contribution in [0.2, 0.25) is 0 Å². The van der Waals surface area contributed by atoms with Crippen LogP contribution in [0.25, 0.3) is 0 Å². The van der Waals surface area contributed by atoms with E-state index in [1.807, 2.05) is 0 Å². The highest BCUT2D eigenvalue weighted by atomic mass is 32.2. The molecule has 0 atom stereocenters. The number of benzene rings is 2. The van der Waals surface area contributed by atoms with Gasteiger partial charge in [-0.3, -0.25) is 4.72 Å². The Hall–Kier alpha value is -3.58. The number of rotatable bonds is 7. The molecule has 0 bridgehead atoms. The van der Waals surface area contributed by atoms with Crippen LogP contribution in [0.4, 0.5) is 24.5 Å². The van der Waals surface area contributed by atoms with Gasteiger partial charge in [-0.05, 0) is 54.6 Å². The molecule has 0 fully saturated rings. The molecule has 3 N–H and O–H groups in total. The van der Waals surface area contributed by atoms with Gasteiger partial charge in [0, 0.05) is 23.5 Å². The zero-order chi connectivity index (χ0) is 22.6. The van der Waals surface area contributed by atoms with Gasteiger partial charge in [-0.15, -0.1) is 0 Å². The lowest BCUT2D eigenvalue weighted by atomic mass is 10.2. The maximum absolute atomic E-state index is 12.8. The summed E-state index contributed by atoms with van der Waals surface area (Å²) < 4.78 is 70.6. The lowest BCUT2D eigenvalue weighted by Gasteiger charge is -2.12. The number of hydrogen-bond acceptors (Lipinski definition) is 5. The van der Waals surface area contributed by atoms with Crippen molar-refractivity contribution in [3.63, 3.8) is 0 Å². The predicted molar refractivity (Wildman–Crippen MR) is 108 cm³/mol. The molecule has 0 aliphatic carbocycles. The fraction of sp³-hybridized carbons (Fsp3) is 0.143. The van der Waals surface area contributed by atoms with Gasteiger partial charge in [0.15, 0.2) is 5.75 Å². The molecule has 0 saturated heterocycles. The van der Waals surface area contributed by atoms with Crippen LogP contribution in [0.15, 0.2) is 59.5 Å². The first-order valence-electron chi connectivity index (χ1n) is 8.82. The minimum Gasteiger partial charge on any atom is -0.504 e. The van der Waals surface area contributed by atoms with Crippen LogP contribution in [-0.4, -0.2) is 20.6 Å². The van der Waals surface area contributed by atoms with Crippen molar-refractivity contribution in [2.45, 2.75) is 17.6 Å². The van der Waals surface area contributed by atoms with E-state index < -0.39 is 21.8 Å². The number of ether oxygens (including phenoxy) is 1. The molecule has 3 aromatic rings. The van der Waals surface area contributed by atoms with Crippen LogP contribution in [0, 0.1) is 12.1 Å². The predicted octanol–water partition coefficient (Wildman–Crippen LogP) is 4.43. The van der Waals surface area contributed by atoms with E-state index in [0.717, 1.165) is 18.2 Å². The van der Waals surface area contributed by atoms with Crippen LogP contribution in [0.3, 0.4) is 0 Å². The molecular formula is C21H17F3N2O4S. The Kier molecular flexibility index (Phi) is 6.17. The summed E-state index contributed by atoms with van der Waals surface area (Å²) in [6.07, 6.45) is -4.58. The molecule has 0 saturated carbocycles. The smallest absolute Gasteiger partial charge is 0.416 e. The van der Waals surface area contributed by atoms with Gasteiger partial charge in [0.25, 0.3) is 10.0 Å². The number of sulfonamides is 1. The van der Waals surface area contributed by atoms with Crippen LogP contribution < -0.4 is 14.8 Å². The van der Waals surface area contributed by atoms with Crippen LogP contribution in [0.5, 0.6) is 11.5 Å². The van der Waals surface area contributed by atoms with Gasteiger partial charge in [0.2, 0.25) is 5.75 Å². The third-order valence-corrected chi connectivity index (χ3v) is 5.64. The second kappa shape index (κ2) is 8.65. The SMILES string of the molecule is COc1c#ccc(CNc2ccc(S(=O)(=O)Nc3cccc(C(F)(F)F)c3)cc2)c1O. The minimum atomic E-state index is -4.58. The van der Waals surface area contributed by atoms with Crippen molar-refractivity contribution in [3.05, 3.63) is 77.9 Å². The van der Waals surface area contributed by atoms with E-state index >= 15 is 0 Å². The quantitative estimate of drug-likeness (QED) is 0.496. The van der Waals surface area contributed by atoms with E-state index in [-0.39, 0.29) is 28.6 Å². The number of anilines is 2. The summed E-state index contributed by atoms with van der Waals surface area (Å²) in [5.74, 6) is 0.0691. The molecule has 31 heavy (non-hydrogen) atoms. The summed E-state index contributed by atoms with van der Waals surface area (Å²) in [4.78, 5) is -0.123. The lowest BCUT2D eigenvalue weighted by Crippen LogP contribution is -2.14. The van der Waals surface area contributed by atoms with Crippen molar-refractivity contribution in [2.24, 2.45) is 0 Å². The van der Waals surface area contributed by atoms with Crippen LogP contribution >= 0.6 is 0 Å². The second-order valence-electron chi connectivity index (χ2n) is 6.38. The standard InChI is InChI=1S/C21H17F3N2O4S/c1-30-19-7-2-4-14(20(19)27)13-25-16-8-10-18(11-9-16)31(28,29)26-17-6-3-5-15(12-17)21(22,23)24/h3-6,8-12,25-27H,13H2,1H3. The fourth-order valence-electron chi connectivity index (χ4n) is 2.67. The Morgan fingerprint density at radius 2 is 1.81 bits per heavy atom. The molecule has 0 unspecified atom stereocenters. The molecule has 3 aromatic carbocycles. The van der Waals surface area contributed by atoms with Gasteiger partial charge in [-0.25, -0.2) is 8.42 Å². The van der Waals surface area contributed by atoms with Gasteiger partial charge < -0.3 is 15.2 Å². The number of alkyl halides is 3. The number of aromatic hydroxyl groups is 1. The van der Waals surface area contributed by atoms with Crippen molar-refractivity contribution < 1.29 is 31.4 Å². The Labute approximate surface area is 177 Å². The highest BCUT2D eigenvalue weighted by Gasteiger charge is 2.30. The molecule has 0 spiro atoms. The van der Waals surface area contributed by atoms with Crippen molar-refractivity contribution in [1.82, 2.24) is 0 Å². The summed E-state index contributed by atoms with van der Waals surface area (Å²) in [5.41, 5.74) is -0.0933. The molecule has 0 heterocycles. The molecule has 0 aromatic heterocycles. The fourth-order valence-corrected chi connectivity index (χ4v) is 3.72. The van der Waals surface area contributed by atoms with E-state index in [2.05, 4.69) is 22.2 Å². The topological polar surface area (TPSA) is 87.7 Å². The molecular weight excluding hydrogens is 433 g/mol. The largest absolute Gasteiger partial charge is 0.504 e. The Morgan fingerprint density at radius 3 is 2.45 bits per heavy atom. The van der Waals surface area contributed by atoms with E-state index in [0.29, 0.717) is 11.3 Å². The van der Waals surface area contributed by atoms with Crippen LogP contribution in [-0.2, 0) is 22.7 Å². The first-order valence-corrected chi connectivity index (χ1v) is 10.3. The number of hydrogen-bond donors (Lipinski definition) is 3. The average Bonchev–Trinajstić information content (AvgIpc) is 2.72. The first-order chi connectivity index (χ1) is 14.6. The molecule has 0 aliphatic heterocycles. The molecule has 162 valence electrons. The maximum Gasteiger partial charge on any atom is 0.416 e. The molecule has 0 aliphatic rings. The highest BCUT2D eigenvalue weighted by Crippen LogP contribution is 2.31. The molecule has 0 amide bonds. The third kappa shape index (κ3) is 5.32. The van der Waals surface area contributed by atoms with Crippen LogP contribution in [0.1, 0.15) is 11.1 Å². The number of methoxy groups -OCH3 is 1. The van der Waals surface area contributed by atoms with Gasteiger partial charge >= 0.3 is 6.18 Å². The zero-order valence-electron chi connectivity index (χ0n) is 16.1. The number of halogens is 3. The zero-order valence-corrected chi connectivity index (χ0v) is 16.9. The number of nitrogens with one attached hydrogen (secondary N) is 2. The monoisotopic (exact) mass is 450 g/mol. The van der Waals surface area contributed by atoms with Crippen molar-refractivity contribution in [2.75, 3.05) is 17.1 Å². The van der Waals surface area contributed by atoms with Crippen molar-refractivity contribution in [3.8, 4) is 11.5 Å². The Balaban J connectivity index is 1.71.